The molecule has 0 bridgehead atoms. The van der Waals surface area contributed by atoms with E-state index in [4.69, 9.17) is 4.74 Å². The number of anilines is 1. The van der Waals surface area contributed by atoms with Gasteiger partial charge in [-0.1, -0.05) is 29.8 Å². The van der Waals surface area contributed by atoms with Crippen molar-refractivity contribution in [3.8, 4) is 5.75 Å². The van der Waals surface area contributed by atoms with E-state index in [0.29, 0.717) is 17.0 Å². The molecular weight excluding hydrogens is 435 g/mol. The molecule has 0 aliphatic rings. The van der Waals surface area contributed by atoms with Crippen LogP contribution in [0, 0.1) is 17.0 Å². The molecule has 0 saturated heterocycles. The number of nitro benzene ring substituents is 1. The summed E-state index contributed by atoms with van der Waals surface area (Å²) in [6.45, 7) is 1.74. The Labute approximate surface area is 186 Å². The lowest BCUT2D eigenvalue weighted by Crippen LogP contribution is -2.32. The third-order valence-electron chi connectivity index (χ3n) is 4.99. The maximum atomic E-state index is 14.9. The van der Waals surface area contributed by atoms with E-state index in [1.165, 1.54) is 19.2 Å². The van der Waals surface area contributed by atoms with Crippen molar-refractivity contribution in [2.24, 2.45) is 0 Å². The van der Waals surface area contributed by atoms with Crippen LogP contribution in [-0.4, -0.2) is 27.0 Å². The molecule has 0 radical (unpaired) electrons. The normalized spacial score (nSPS) is 12.2. The number of sulfonamides is 1. The number of halogens is 1. The van der Waals surface area contributed by atoms with Crippen molar-refractivity contribution in [1.82, 2.24) is 0 Å². The Kier molecular flexibility index (Phi) is 7.09. The molecule has 0 amide bonds. The summed E-state index contributed by atoms with van der Waals surface area (Å²) in [5.74, 6) is 0.546. The van der Waals surface area contributed by atoms with Crippen molar-refractivity contribution >= 4 is 21.4 Å². The Balaban J connectivity index is 1.93. The van der Waals surface area contributed by atoms with Gasteiger partial charge < -0.3 is 4.74 Å². The van der Waals surface area contributed by atoms with E-state index < -0.39 is 21.1 Å². The second-order valence-corrected chi connectivity index (χ2v) is 9.06. The summed E-state index contributed by atoms with van der Waals surface area (Å²) in [6.07, 6.45) is -1.43. The van der Waals surface area contributed by atoms with Crippen LogP contribution in [-0.2, 0) is 10.0 Å². The summed E-state index contributed by atoms with van der Waals surface area (Å²) in [6, 6.07) is 18.0. The van der Waals surface area contributed by atoms with Crippen molar-refractivity contribution in [3.63, 3.8) is 0 Å². The molecular formula is C23H23FN2O5S. The highest BCUT2D eigenvalue weighted by Crippen LogP contribution is 2.30. The molecule has 0 fully saturated rings. The Bertz CT molecular complexity index is 1180. The van der Waals surface area contributed by atoms with Gasteiger partial charge in [0, 0.05) is 25.1 Å². The number of hydrogen-bond acceptors (Lipinski definition) is 5. The number of alkyl halides is 1. The van der Waals surface area contributed by atoms with Gasteiger partial charge in [-0.2, -0.15) is 0 Å². The first-order valence-electron chi connectivity index (χ1n) is 9.84. The van der Waals surface area contributed by atoms with Gasteiger partial charge in [-0.3, -0.25) is 14.4 Å². The fourth-order valence-corrected chi connectivity index (χ4v) is 4.75. The van der Waals surface area contributed by atoms with Crippen molar-refractivity contribution in [3.05, 3.63) is 94.0 Å². The fourth-order valence-electron chi connectivity index (χ4n) is 3.27. The molecule has 0 spiro atoms. The van der Waals surface area contributed by atoms with E-state index in [1.807, 2.05) is 13.0 Å². The molecule has 32 heavy (non-hydrogen) atoms. The lowest BCUT2D eigenvalue weighted by atomic mass is 10.1. The second kappa shape index (κ2) is 9.78. The van der Waals surface area contributed by atoms with Crippen LogP contribution in [0.15, 0.2) is 77.7 Å². The number of nitrogens with zero attached hydrogens (tertiary/aromatic N) is 2. The first-order chi connectivity index (χ1) is 15.2. The molecule has 9 heteroatoms. The first kappa shape index (κ1) is 23.2. The van der Waals surface area contributed by atoms with Crippen LogP contribution in [0.4, 0.5) is 15.8 Å². The van der Waals surface area contributed by atoms with Crippen molar-refractivity contribution < 1.29 is 22.5 Å². The van der Waals surface area contributed by atoms with Crippen LogP contribution in [0.1, 0.15) is 23.7 Å². The molecule has 0 aromatic heterocycles. The summed E-state index contributed by atoms with van der Waals surface area (Å²) >= 11 is 0. The molecule has 0 saturated carbocycles. The van der Waals surface area contributed by atoms with Crippen LogP contribution in [0.3, 0.4) is 0 Å². The van der Waals surface area contributed by atoms with Gasteiger partial charge in [0.1, 0.15) is 11.9 Å². The summed E-state index contributed by atoms with van der Waals surface area (Å²) in [5.41, 5.74) is 1.51. The lowest BCUT2D eigenvalue weighted by Gasteiger charge is -2.25. The van der Waals surface area contributed by atoms with Crippen molar-refractivity contribution in [1.29, 1.82) is 0 Å². The van der Waals surface area contributed by atoms with Gasteiger partial charge >= 0.3 is 0 Å². The number of non-ortho nitro benzene ring substituents is 1. The van der Waals surface area contributed by atoms with E-state index in [0.717, 1.165) is 22.0 Å². The minimum Gasteiger partial charge on any atom is -0.497 e. The van der Waals surface area contributed by atoms with Crippen LogP contribution in [0.25, 0.3) is 0 Å². The van der Waals surface area contributed by atoms with Gasteiger partial charge in [0.2, 0.25) is 0 Å². The third-order valence-corrected chi connectivity index (χ3v) is 6.83. The van der Waals surface area contributed by atoms with Crippen LogP contribution in [0.5, 0.6) is 5.75 Å². The van der Waals surface area contributed by atoms with Crippen LogP contribution in [0.2, 0.25) is 0 Å². The SMILES string of the molecule is COc1ccc(N(CC[C@@H](F)c2cccc(C)c2)S(=O)(=O)c2ccc([N+](=O)[O-])cc2)cc1. The lowest BCUT2D eigenvalue weighted by molar-refractivity contribution is -0.384. The quantitative estimate of drug-likeness (QED) is 0.324. The Morgan fingerprint density at radius 1 is 1.06 bits per heavy atom. The standard InChI is InChI=1S/C23H23FN2O5S/c1-17-4-3-5-18(16-17)23(24)14-15-25(19-6-10-21(31-2)11-7-19)32(29,30)22-12-8-20(9-13-22)26(27)28/h3-13,16,23H,14-15H2,1-2H3/t23-/m1/s1. The van der Waals surface area contributed by atoms with E-state index >= 15 is 0 Å². The molecule has 0 N–H and O–H groups in total. The maximum Gasteiger partial charge on any atom is 0.269 e. The predicted octanol–water partition coefficient (Wildman–Crippen LogP) is 5.21. The second-order valence-electron chi connectivity index (χ2n) is 7.20. The van der Waals surface area contributed by atoms with E-state index in [2.05, 4.69) is 0 Å². The minimum absolute atomic E-state index is 0.0678. The van der Waals surface area contributed by atoms with Gasteiger partial charge in [-0.25, -0.2) is 12.8 Å². The monoisotopic (exact) mass is 458 g/mol. The molecule has 3 rings (SSSR count). The van der Waals surface area contributed by atoms with Crippen molar-refractivity contribution in [2.75, 3.05) is 18.0 Å². The Morgan fingerprint density at radius 2 is 1.72 bits per heavy atom. The molecule has 0 unspecified atom stereocenters. The highest BCUT2D eigenvalue weighted by atomic mass is 32.2. The largest absolute Gasteiger partial charge is 0.497 e. The van der Waals surface area contributed by atoms with E-state index in [1.54, 1.807) is 42.5 Å². The number of hydrogen-bond donors (Lipinski definition) is 0. The number of nitro groups is 1. The first-order valence-corrected chi connectivity index (χ1v) is 11.3. The summed E-state index contributed by atoms with van der Waals surface area (Å²) in [7, 11) is -2.60. The zero-order valence-electron chi connectivity index (χ0n) is 17.6. The molecule has 3 aromatic rings. The highest BCUT2D eigenvalue weighted by molar-refractivity contribution is 7.92. The predicted molar refractivity (Wildman–Crippen MR) is 120 cm³/mol. The minimum atomic E-state index is -4.10. The summed E-state index contributed by atoms with van der Waals surface area (Å²) in [4.78, 5) is 10.2. The van der Waals surface area contributed by atoms with Gasteiger partial charge in [-0.05, 0) is 48.9 Å². The van der Waals surface area contributed by atoms with E-state index in [9.17, 15) is 22.9 Å². The molecule has 0 aliphatic heterocycles. The molecule has 0 heterocycles. The average molecular weight is 459 g/mol. The third kappa shape index (κ3) is 5.23. The molecule has 3 aromatic carbocycles. The van der Waals surface area contributed by atoms with Gasteiger partial charge in [0.05, 0.1) is 22.6 Å². The van der Waals surface area contributed by atoms with Gasteiger partial charge in [0.25, 0.3) is 15.7 Å². The summed E-state index contributed by atoms with van der Waals surface area (Å²) in [5, 5.41) is 10.9. The number of methoxy groups -OCH3 is 1. The number of benzene rings is 3. The number of ether oxygens (including phenoxy) is 1. The van der Waals surface area contributed by atoms with Crippen molar-refractivity contribution in [2.45, 2.75) is 24.4 Å². The zero-order valence-corrected chi connectivity index (χ0v) is 18.5. The zero-order chi connectivity index (χ0) is 23.3. The average Bonchev–Trinajstić information content (AvgIpc) is 2.79. The van der Waals surface area contributed by atoms with E-state index in [-0.39, 0.29) is 23.5 Å². The fraction of sp³-hybridized carbons (Fsp3) is 0.217. The van der Waals surface area contributed by atoms with Crippen LogP contribution < -0.4 is 9.04 Å². The molecule has 1 atom stereocenters. The number of rotatable bonds is 9. The number of aryl methyl sites for hydroxylation is 1. The molecule has 0 aliphatic carbocycles. The maximum absolute atomic E-state index is 14.9. The Hall–Kier alpha value is -3.46. The highest BCUT2D eigenvalue weighted by Gasteiger charge is 2.27. The smallest absolute Gasteiger partial charge is 0.269 e. The molecule has 7 nitrogen and oxygen atoms in total. The Morgan fingerprint density at radius 3 is 2.28 bits per heavy atom. The molecule has 168 valence electrons. The summed E-state index contributed by atoms with van der Waals surface area (Å²) < 4.78 is 47.9. The van der Waals surface area contributed by atoms with Gasteiger partial charge in [-0.15, -0.1) is 0 Å². The topological polar surface area (TPSA) is 89.8 Å². The van der Waals surface area contributed by atoms with Crippen LogP contribution >= 0.6 is 0 Å². The van der Waals surface area contributed by atoms with Gasteiger partial charge in [0.15, 0.2) is 0 Å².